The second-order valence-corrected chi connectivity index (χ2v) is 4.54. The molecule has 0 saturated heterocycles. The fourth-order valence-corrected chi connectivity index (χ4v) is 1.86. The Kier molecular flexibility index (Phi) is 5.45. The van der Waals surface area contributed by atoms with Crippen LogP contribution in [0.25, 0.3) is 0 Å². The van der Waals surface area contributed by atoms with Gasteiger partial charge in [0.15, 0.2) is 0 Å². The first-order chi connectivity index (χ1) is 8.10. The van der Waals surface area contributed by atoms with Gasteiger partial charge in [-0.1, -0.05) is 19.9 Å². The van der Waals surface area contributed by atoms with Crippen molar-refractivity contribution in [1.29, 1.82) is 0 Å². The summed E-state index contributed by atoms with van der Waals surface area (Å²) >= 11 is 0. The lowest BCUT2D eigenvalue weighted by atomic mass is 9.96. The van der Waals surface area contributed by atoms with Gasteiger partial charge in [0.05, 0.1) is 13.2 Å². The topological polar surface area (TPSA) is 49.7 Å². The van der Waals surface area contributed by atoms with Crippen LogP contribution in [0.4, 0.5) is 0 Å². The molecule has 0 heterocycles. The Morgan fingerprint density at radius 1 is 1.29 bits per heavy atom. The van der Waals surface area contributed by atoms with Crippen LogP contribution < -0.4 is 4.74 Å². The zero-order valence-electron chi connectivity index (χ0n) is 10.8. The van der Waals surface area contributed by atoms with Gasteiger partial charge in [-0.3, -0.25) is 0 Å². The Bertz CT molecular complexity index is 347. The van der Waals surface area contributed by atoms with Crippen LogP contribution in [0.3, 0.4) is 0 Å². The molecule has 0 radical (unpaired) electrons. The fourth-order valence-electron chi connectivity index (χ4n) is 1.86. The Hall–Kier alpha value is -1.06. The third-order valence-corrected chi connectivity index (χ3v) is 2.90. The standard InChI is InChI=1S/C14H22O3/c1-10(2)12-9-11(6-7-14(12)17-3)13(16)5-4-8-15/h6-7,9-10,13,15-16H,4-5,8H2,1-3H3. The van der Waals surface area contributed by atoms with E-state index in [0.717, 1.165) is 16.9 Å². The summed E-state index contributed by atoms with van der Waals surface area (Å²) < 4.78 is 5.30. The first-order valence-electron chi connectivity index (χ1n) is 6.07. The number of hydrogen-bond acceptors (Lipinski definition) is 3. The minimum Gasteiger partial charge on any atom is -0.496 e. The lowest BCUT2D eigenvalue weighted by molar-refractivity contribution is 0.151. The number of rotatable bonds is 6. The van der Waals surface area contributed by atoms with E-state index in [0.29, 0.717) is 18.8 Å². The van der Waals surface area contributed by atoms with Crippen LogP contribution in [0.1, 0.15) is 49.8 Å². The van der Waals surface area contributed by atoms with Gasteiger partial charge >= 0.3 is 0 Å². The van der Waals surface area contributed by atoms with Crippen LogP contribution in [-0.4, -0.2) is 23.9 Å². The summed E-state index contributed by atoms with van der Waals surface area (Å²) in [7, 11) is 1.66. The van der Waals surface area contributed by atoms with Crippen molar-refractivity contribution in [1.82, 2.24) is 0 Å². The maximum absolute atomic E-state index is 9.97. The van der Waals surface area contributed by atoms with Gasteiger partial charge in [0.2, 0.25) is 0 Å². The fraction of sp³-hybridized carbons (Fsp3) is 0.571. The van der Waals surface area contributed by atoms with Crippen LogP contribution in [0.5, 0.6) is 5.75 Å². The molecule has 1 aromatic rings. The molecule has 0 aliphatic carbocycles. The predicted octanol–water partition coefficient (Wildman–Crippen LogP) is 2.62. The highest BCUT2D eigenvalue weighted by Crippen LogP contribution is 2.30. The second-order valence-electron chi connectivity index (χ2n) is 4.54. The Balaban J connectivity index is 2.91. The van der Waals surface area contributed by atoms with Gasteiger partial charge in [-0.15, -0.1) is 0 Å². The van der Waals surface area contributed by atoms with Crippen LogP contribution in [0.2, 0.25) is 0 Å². The summed E-state index contributed by atoms with van der Waals surface area (Å²) in [5.74, 6) is 1.22. The molecule has 0 aromatic heterocycles. The molecule has 0 spiro atoms. The van der Waals surface area contributed by atoms with E-state index in [4.69, 9.17) is 9.84 Å². The number of aliphatic hydroxyl groups excluding tert-OH is 2. The number of methoxy groups -OCH3 is 1. The van der Waals surface area contributed by atoms with Crippen LogP contribution >= 0.6 is 0 Å². The normalized spacial score (nSPS) is 12.8. The van der Waals surface area contributed by atoms with Crippen LogP contribution in [0, 0.1) is 0 Å². The van der Waals surface area contributed by atoms with Crippen molar-refractivity contribution in [2.45, 2.75) is 38.7 Å². The summed E-state index contributed by atoms with van der Waals surface area (Å²) in [6.45, 7) is 4.31. The second kappa shape index (κ2) is 6.62. The van der Waals surface area contributed by atoms with Crippen molar-refractivity contribution in [2.24, 2.45) is 0 Å². The first kappa shape index (κ1) is 14.0. The maximum atomic E-state index is 9.97. The quantitative estimate of drug-likeness (QED) is 0.801. The van der Waals surface area contributed by atoms with Crippen molar-refractivity contribution in [3.63, 3.8) is 0 Å². The van der Waals surface area contributed by atoms with Gasteiger partial charge in [0, 0.05) is 6.61 Å². The average Bonchev–Trinajstić information content (AvgIpc) is 2.34. The molecule has 0 saturated carbocycles. The summed E-state index contributed by atoms with van der Waals surface area (Å²) in [6.07, 6.45) is 0.690. The minimum absolute atomic E-state index is 0.115. The van der Waals surface area contributed by atoms with Gasteiger partial charge < -0.3 is 14.9 Å². The summed E-state index contributed by atoms with van der Waals surface area (Å²) in [5.41, 5.74) is 2.00. The lowest BCUT2D eigenvalue weighted by Gasteiger charge is -2.16. The predicted molar refractivity (Wildman–Crippen MR) is 68.4 cm³/mol. The van der Waals surface area contributed by atoms with E-state index in [1.54, 1.807) is 7.11 Å². The van der Waals surface area contributed by atoms with Crippen molar-refractivity contribution < 1.29 is 14.9 Å². The van der Waals surface area contributed by atoms with Crippen molar-refractivity contribution in [3.05, 3.63) is 29.3 Å². The summed E-state index contributed by atoms with van der Waals surface area (Å²) in [4.78, 5) is 0. The molecular weight excluding hydrogens is 216 g/mol. The molecule has 3 nitrogen and oxygen atoms in total. The van der Waals surface area contributed by atoms with Crippen molar-refractivity contribution in [3.8, 4) is 5.75 Å². The monoisotopic (exact) mass is 238 g/mol. The Labute approximate surface area is 103 Å². The number of benzene rings is 1. The van der Waals surface area contributed by atoms with Crippen LogP contribution in [-0.2, 0) is 0 Å². The highest BCUT2D eigenvalue weighted by molar-refractivity contribution is 5.40. The molecular formula is C14H22O3. The maximum Gasteiger partial charge on any atom is 0.122 e. The number of hydrogen-bond donors (Lipinski definition) is 2. The zero-order valence-corrected chi connectivity index (χ0v) is 10.8. The lowest BCUT2D eigenvalue weighted by Crippen LogP contribution is -2.02. The van der Waals surface area contributed by atoms with Gasteiger partial charge in [-0.2, -0.15) is 0 Å². The van der Waals surface area contributed by atoms with Crippen molar-refractivity contribution in [2.75, 3.05) is 13.7 Å². The van der Waals surface area contributed by atoms with Crippen LogP contribution in [0.15, 0.2) is 18.2 Å². The average molecular weight is 238 g/mol. The van der Waals surface area contributed by atoms with Crippen molar-refractivity contribution >= 4 is 0 Å². The molecule has 17 heavy (non-hydrogen) atoms. The third-order valence-electron chi connectivity index (χ3n) is 2.90. The molecule has 1 aromatic carbocycles. The van der Waals surface area contributed by atoms with E-state index >= 15 is 0 Å². The molecule has 0 amide bonds. The van der Waals surface area contributed by atoms with Gasteiger partial charge in [-0.25, -0.2) is 0 Å². The first-order valence-corrected chi connectivity index (χ1v) is 6.07. The molecule has 96 valence electrons. The molecule has 0 fully saturated rings. The molecule has 1 rings (SSSR count). The highest BCUT2D eigenvalue weighted by Gasteiger charge is 2.12. The molecule has 1 unspecified atom stereocenters. The largest absolute Gasteiger partial charge is 0.496 e. The van der Waals surface area contributed by atoms with Gasteiger partial charge in [0.25, 0.3) is 0 Å². The highest BCUT2D eigenvalue weighted by atomic mass is 16.5. The zero-order chi connectivity index (χ0) is 12.8. The SMILES string of the molecule is COc1ccc(C(O)CCCO)cc1C(C)C. The molecule has 0 aliphatic heterocycles. The van der Waals surface area contributed by atoms with Gasteiger partial charge in [-0.05, 0) is 42.0 Å². The van der Waals surface area contributed by atoms with E-state index in [2.05, 4.69) is 13.8 Å². The Morgan fingerprint density at radius 3 is 2.53 bits per heavy atom. The Morgan fingerprint density at radius 2 is 2.00 bits per heavy atom. The number of ether oxygens (including phenoxy) is 1. The van der Waals surface area contributed by atoms with Gasteiger partial charge in [0.1, 0.15) is 5.75 Å². The van der Waals surface area contributed by atoms with E-state index in [1.165, 1.54) is 0 Å². The van der Waals surface area contributed by atoms with E-state index in [9.17, 15) is 5.11 Å². The third kappa shape index (κ3) is 3.72. The smallest absolute Gasteiger partial charge is 0.122 e. The van der Waals surface area contributed by atoms with E-state index in [1.807, 2.05) is 18.2 Å². The molecule has 2 N–H and O–H groups in total. The molecule has 3 heteroatoms. The molecule has 0 bridgehead atoms. The van der Waals surface area contributed by atoms with E-state index < -0.39 is 6.10 Å². The molecule has 0 aliphatic rings. The summed E-state index contributed by atoms with van der Waals surface area (Å²) in [5, 5.41) is 18.7. The molecule has 1 atom stereocenters. The minimum atomic E-state index is -0.509. The summed E-state index contributed by atoms with van der Waals surface area (Å²) in [6, 6.07) is 5.77. The number of aliphatic hydroxyl groups is 2. The van der Waals surface area contributed by atoms with E-state index in [-0.39, 0.29) is 6.61 Å².